The highest BCUT2D eigenvalue weighted by atomic mass is 35.5. The molecule has 2 N–H and O–H groups in total. The second-order valence-electron chi connectivity index (χ2n) is 7.04. The first kappa shape index (κ1) is 23.2. The number of carbonyl (C=O) groups excluding carboxylic acids is 1. The number of aromatic nitrogens is 2. The second kappa shape index (κ2) is 10.3. The molecule has 0 fully saturated rings. The molecule has 0 atom stereocenters. The van der Waals surface area contributed by atoms with Gasteiger partial charge in [-0.05, 0) is 54.1 Å². The fourth-order valence-electron chi connectivity index (χ4n) is 3.08. The molecule has 0 spiro atoms. The lowest BCUT2D eigenvalue weighted by Gasteiger charge is -2.13. The zero-order chi connectivity index (χ0) is 24.1. The monoisotopic (exact) mass is 492 g/mol. The van der Waals surface area contributed by atoms with Crippen molar-refractivity contribution in [2.75, 3.05) is 5.75 Å². The fraction of sp³-hybridized carbons (Fsp3) is 0.0417. The fourth-order valence-corrected chi connectivity index (χ4v) is 4.01. The molecular weight excluding hydrogens is 476 g/mol. The van der Waals surface area contributed by atoms with Crippen LogP contribution in [0.5, 0.6) is 0 Å². The molecule has 1 aromatic heterocycles. The van der Waals surface area contributed by atoms with Crippen LogP contribution in [0, 0.1) is 0 Å². The van der Waals surface area contributed by atoms with Crippen molar-refractivity contribution < 1.29 is 14.7 Å². The summed E-state index contributed by atoms with van der Waals surface area (Å²) in [5.41, 5.74) is 4.07. The summed E-state index contributed by atoms with van der Waals surface area (Å²) in [5, 5.41) is 14.2. The van der Waals surface area contributed by atoms with Gasteiger partial charge in [0, 0.05) is 5.02 Å². The van der Waals surface area contributed by atoms with Gasteiger partial charge < -0.3 is 5.11 Å². The number of rotatable bonds is 7. The smallest absolute Gasteiger partial charge is 0.335 e. The van der Waals surface area contributed by atoms with Crippen LogP contribution in [0.4, 0.5) is 0 Å². The van der Waals surface area contributed by atoms with E-state index in [1.165, 1.54) is 22.9 Å². The highest BCUT2D eigenvalue weighted by Gasteiger charge is 2.14. The normalized spacial score (nSPS) is 11.1. The number of carboxylic acids is 1. The second-order valence-corrected chi connectivity index (χ2v) is 8.42. The molecule has 0 aliphatic rings. The standard InChI is InChI=1S/C24H17ClN4O4S/c25-17-9-11-18(12-10-17)29-22(31)19-3-1-2-4-20(19)27-24(29)34-14-21(30)28-26-13-15-5-7-16(8-6-15)23(32)33/h1-13H,14H2,(H,28,30)(H,32,33)/b26-13+. The molecule has 8 nitrogen and oxygen atoms in total. The number of carboxylic acid groups (broad SMARTS) is 1. The van der Waals surface area contributed by atoms with Crippen LogP contribution >= 0.6 is 23.4 Å². The van der Waals surface area contributed by atoms with Crippen molar-refractivity contribution >= 4 is 52.4 Å². The van der Waals surface area contributed by atoms with Crippen molar-refractivity contribution in [1.82, 2.24) is 15.0 Å². The lowest BCUT2D eigenvalue weighted by Crippen LogP contribution is -2.24. The van der Waals surface area contributed by atoms with E-state index in [9.17, 15) is 14.4 Å². The van der Waals surface area contributed by atoms with Gasteiger partial charge in [-0.2, -0.15) is 5.10 Å². The van der Waals surface area contributed by atoms with Gasteiger partial charge in [0.15, 0.2) is 5.16 Å². The van der Waals surface area contributed by atoms with E-state index < -0.39 is 11.9 Å². The molecule has 1 heterocycles. The maximum absolute atomic E-state index is 13.2. The Morgan fingerprint density at radius 2 is 1.76 bits per heavy atom. The number of benzene rings is 3. The van der Waals surface area contributed by atoms with Crippen LogP contribution in [0.1, 0.15) is 15.9 Å². The minimum absolute atomic E-state index is 0.0341. The molecule has 170 valence electrons. The van der Waals surface area contributed by atoms with Gasteiger partial charge in [-0.15, -0.1) is 0 Å². The number of halogens is 1. The number of aromatic carboxylic acids is 1. The quantitative estimate of drug-likeness (QED) is 0.174. The Balaban J connectivity index is 1.51. The maximum atomic E-state index is 13.2. The Morgan fingerprint density at radius 1 is 1.06 bits per heavy atom. The molecule has 3 aromatic carbocycles. The molecule has 0 radical (unpaired) electrons. The predicted molar refractivity (Wildman–Crippen MR) is 132 cm³/mol. The lowest BCUT2D eigenvalue weighted by atomic mass is 10.1. The first-order valence-corrected chi connectivity index (χ1v) is 11.3. The first-order chi connectivity index (χ1) is 16.4. The molecule has 4 aromatic rings. The molecular formula is C24H17ClN4O4S. The lowest BCUT2D eigenvalue weighted by molar-refractivity contribution is -0.118. The van der Waals surface area contributed by atoms with Gasteiger partial charge in [0.1, 0.15) is 0 Å². The summed E-state index contributed by atoms with van der Waals surface area (Å²) < 4.78 is 1.45. The zero-order valence-corrected chi connectivity index (χ0v) is 19.1. The Morgan fingerprint density at radius 3 is 2.47 bits per heavy atom. The van der Waals surface area contributed by atoms with Gasteiger partial charge in [0.05, 0.1) is 34.1 Å². The summed E-state index contributed by atoms with van der Waals surface area (Å²) in [4.78, 5) is 41.0. The number of para-hydroxylation sites is 1. The van der Waals surface area contributed by atoms with Crippen molar-refractivity contribution in [2.24, 2.45) is 5.10 Å². The van der Waals surface area contributed by atoms with Crippen LogP contribution in [0.2, 0.25) is 5.02 Å². The van der Waals surface area contributed by atoms with Gasteiger partial charge in [-0.3, -0.25) is 14.2 Å². The molecule has 0 saturated carbocycles. The van der Waals surface area contributed by atoms with Crippen LogP contribution in [-0.4, -0.2) is 38.5 Å². The van der Waals surface area contributed by atoms with Crippen molar-refractivity contribution in [3.63, 3.8) is 0 Å². The number of hydrogen-bond acceptors (Lipinski definition) is 6. The van der Waals surface area contributed by atoms with Gasteiger partial charge in [0.25, 0.3) is 11.5 Å². The molecule has 34 heavy (non-hydrogen) atoms. The van der Waals surface area contributed by atoms with Gasteiger partial charge >= 0.3 is 5.97 Å². The number of thioether (sulfide) groups is 1. The molecule has 0 saturated heterocycles. The number of fused-ring (bicyclic) bond motifs is 1. The van der Waals surface area contributed by atoms with Gasteiger partial charge in [-0.1, -0.05) is 47.6 Å². The number of hydrogen-bond donors (Lipinski definition) is 2. The molecule has 0 unspecified atom stereocenters. The van der Waals surface area contributed by atoms with Crippen molar-refractivity contribution in [3.8, 4) is 5.69 Å². The van der Waals surface area contributed by atoms with E-state index in [1.54, 1.807) is 60.7 Å². The van der Waals surface area contributed by atoms with Crippen LogP contribution in [0.15, 0.2) is 87.8 Å². The summed E-state index contributed by atoms with van der Waals surface area (Å²) in [5.74, 6) is -1.45. The molecule has 4 rings (SSSR count). The predicted octanol–water partition coefficient (Wildman–Crippen LogP) is 3.98. The van der Waals surface area contributed by atoms with E-state index in [4.69, 9.17) is 16.7 Å². The van der Waals surface area contributed by atoms with Crippen molar-refractivity contribution in [1.29, 1.82) is 0 Å². The third-order valence-electron chi connectivity index (χ3n) is 4.72. The summed E-state index contributed by atoms with van der Waals surface area (Å²) in [7, 11) is 0. The SMILES string of the molecule is O=C(CSc1nc2ccccc2c(=O)n1-c1ccc(Cl)cc1)N/N=C/c1ccc(C(=O)O)cc1. The molecule has 0 aliphatic carbocycles. The average molecular weight is 493 g/mol. The summed E-state index contributed by atoms with van der Waals surface area (Å²) >= 11 is 7.09. The Hall–Kier alpha value is -3.95. The molecule has 0 bridgehead atoms. The third-order valence-corrected chi connectivity index (χ3v) is 5.91. The van der Waals surface area contributed by atoms with Crippen molar-refractivity contribution in [3.05, 3.63) is 99.3 Å². The Labute approximate surface area is 202 Å². The van der Waals surface area contributed by atoms with Crippen LogP contribution in [0.25, 0.3) is 16.6 Å². The molecule has 10 heteroatoms. The highest BCUT2D eigenvalue weighted by Crippen LogP contribution is 2.22. The first-order valence-electron chi connectivity index (χ1n) is 9.98. The molecule has 0 aliphatic heterocycles. The van der Waals surface area contributed by atoms with E-state index in [0.29, 0.717) is 32.3 Å². The van der Waals surface area contributed by atoms with E-state index >= 15 is 0 Å². The number of nitrogens with one attached hydrogen (secondary N) is 1. The van der Waals surface area contributed by atoms with Gasteiger partial charge in [-0.25, -0.2) is 15.2 Å². The van der Waals surface area contributed by atoms with E-state index in [1.807, 2.05) is 0 Å². The van der Waals surface area contributed by atoms with E-state index in [-0.39, 0.29) is 16.9 Å². The van der Waals surface area contributed by atoms with E-state index in [2.05, 4.69) is 15.5 Å². The van der Waals surface area contributed by atoms with Crippen molar-refractivity contribution in [2.45, 2.75) is 5.16 Å². The Kier molecular flexibility index (Phi) is 7.05. The Bertz CT molecular complexity index is 1450. The third kappa shape index (κ3) is 5.33. The van der Waals surface area contributed by atoms with Crippen LogP contribution in [-0.2, 0) is 4.79 Å². The topological polar surface area (TPSA) is 114 Å². The number of carbonyl (C=O) groups is 2. The summed E-state index contributed by atoms with van der Waals surface area (Å²) in [6, 6.07) is 19.8. The summed E-state index contributed by atoms with van der Waals surface area (Å²) in [6.45, 7) is 0. The van der Waals surface area contributed by atoms with Gasteiger partial charge in [0.2, 0.25) is 0 Å². The largest absolute Gasteiger partial charge is 0.478 e. The number of amides is 1. The average Bonchev–Trinajstić information content (AvgIpc) is 2.84. The minimum atomic E-state index is -1.02. The zero-order valence-electron chi connectivity index (χ0n) is 17.5. The van der Waals surface area contributed by atoms with Crippen LogP contribution < -0.4 is 11.0 Å². The number of nitrogens with zero attached hydrogens (tertiary/aromatic N) is 3. The highest BCUT2D eigenvalue weighted by molar-refractivity contribution is 7.99. The minimum Gasteiger partial charge on any atom is -0.478 e. The maximum Gasteiger partial charge on any atom is 0.335 e. The summed E-state index contributed by atoms with van der Waals surface area (Å²) in [6.07, 6.45) is 1.41. The van der Waals surface area contributed by atoms with Crippen LogP contribution in [0.3, 0.4) is 0 Å². The molecule has 1 amide bonds. The van der Waals surface area contributed by atoms with E-state index in [0.717, 1.165) is 11.8 Å². The number of hydrazone groups is 1.